The normalized spacial score (nSPS) is 9.71. The molecule has 0 fully saturated rings. The summed E-state index contributed by atoms with van der Waals surface area (Å²) >= 11 is 0. The second-order valence-electron chi connectivity index (χ2n) is 3.72. The number of urea groups is 1. The van der Waals surface area contributed by atoms with Crippen molar-refractivity contribution in [2.45, 2.75) is 19.9 Å². The Morgan fingerprint density at radius 3 is 2.47 bits per heavy atom. The Morgan fingerprint density at radius 2 is 1.94 bits per heavy atom. The minimum absolute atomic E-state index is 0.0465. The molecule has 5 N–H and O–H groups in total. The SMILES string of the molecule is CCCNC(=O)NCc1ccc(C(=N)N)cc1. The fraction of sp³-hybridized carbons (Fsp3) is 0.333. The first-order valence-corrected chi connectivity index (χ1v) is 5.58. The molecule has 17 heavy (non-hydrogen) atoms. The quantitative estimate of drug-likeness (QED) is 0.455. The predicted molar refractivity (Wildman–Crippen MR) is 68.0 cm³/mol. The van der Waals surface area contributed by atoms with Crippen LogP contribution < -0.4 is 16.4 Å². The van der Waals surface area contributed by atoms with E-state index in [9.17, 15) is 4.79 Å². The molecule has 0 spiro atoms. The number of carbonyl (C=O) groups is 1. The summed E-state index contributed by atoms with van der Waals surface area (Å²) in [5.41, 5.74) is 7.00. The molecule has 0 atom stereocenters. The number of carbonyl (C=O) groups excluding carboxylic acids is 1. The molecule has 0 heterocycles. The number of hydrogen-bond donors (Lipinski definition) is 4. The van der Waals surface area contributed by atoms with Crippen molar-refractivity contribution in [3.63, 3.8) is 0 Å². The number of amidine groups is 1. The summed E-state index contributed by atoms with van der Waals surface area (Å²) in [5.74, 6) is 0.0465. The van der Waals surface area contributed by atoms with Gasteiger partial charge in [0.05, 0.1) is 0 Å². The van der Waals surface area contributed by atoms with E-state index in [2.05, 4.69) is 10.6 Å². The van der Waals surface area contributed by atoms with E-state index < -0.39 is 0 Å². The van der Waals surface area contributed by atoms with Crippen LogP contribution in [0.25, 0.3) is 0 Å². The van der Waals surface area contributed by atoms with Gasteiger partial charge in [-0.2, -0.15) is 0 Å². The molecule has 0 radical (unpaired) electrons. The Morgan fingerprint density at radius 1 is 1.29 bits per heavy atom. The Labute approximate surface area is 101 Å². The maximum absolute atomic E-state index is 11.3. The smallest absolute Gasteiger partial charge is 0.315 e. The van der Waals surface area contributed by atoms with Crippen molar-refractivity contribution < 1.29 is 4.79 Å². The number of amides is 2. The summed E-state index contributed by atoms with van der Waals surface area (Å²) in [7, 11) is 0. The molecule has 0 bridgehead atoms. The van der Waals surface area contributed by atoms with Crippen molar-refractivity contribution in [2.24, 2.45) is 5.73 Å². The first kappa shape index (κ1) is 13.0. The highest BCUT2D eigenvalue weighted by molar-refractivity contribution is 5.94. The van der Waals surface area contributed by atoms with E-state index in [1.807, 2.05) is 19.1 Å². The molecular formula is C12H18N4O. The summed E-state index contributed by atoms with van der Waals surface area (Å²) in [6, 6.07) is 7.06. The van der Waals surface area contributed by atoms with Crippen LogP contribution in [-0.2, 0) is 6.54 Å². The lowest BCUT2D eigenvalue weighted by Gasteiger charge is -2.07. The van der Waals surface area contributed by atoms with Gasteiger partial charge in [-0.1, -0.05) is 31.2 Å². The van der Waals surface area contributed by atoms with Gasteiger partial charge in [-0.3, -0.25) is 5.41 Å². The van der Waals surface area contributed by atoms with Crippen molar-refractivity contribution in [1.82, 2.24) is 10.6 Å². The predicted octanol–water partition coefficient (Wildman–Crippen LogP) is 1.18. The van der Waals surface area contributed by atoms with Gasteiger partial charge in [0.2, 0.25) is 0 Å². The topological polar surface area (TPSA) is 91.0 Å². The van der Waals surface area contributed by atoms with E-state index in [0.717, 1.165) is 12.0 Å². The Hall–Kier alpha value is -2.04. The van der Waals surface area contributed by atoms with Gasteiger partial charge < -0.3 is 16.4 Å². The molecule has 5 heteroatoms. The molecule has 5 nitrogen and oxygen atoms in total. The second-order valence-corrected chi connectivity index (χ2v) is 3.72. The molecule has 0 aliphatic rings. The highest BCUT2D eigenvalue weighted by atomic mass is 16.2. The maximum atomic E-state index is 11.3. The monoisotopic (exact) mass is 234 g/mol. The van der Waals surface area contributed by atoms with Crippen LogP contribution in [0.1, 0.15) is 24.5 Å². The molecule has 2 amide bonds. The van der Waals surface area contributed by atoms with E-state index in [-0.39, 0.29) is 11.9 Å². The zero-order valence-electron chi connectivity index (χ0n) is 9.92. The van der Waals surface area contributed by atoms with Gasteiger partial charge in [-0.25, -0.2) is 4.79 Å². The number of nitrogens with two attached hydrogens (primary N) is 1. The van der Waals surface area contributed by atoms with Gasteiger partial charge in [0, 0.05) is 18.7 Å². The Bertz CT molecular complexity index is 386. The summed E-state index contributed by atoms with van der Waals surface area (Å²) in [6.45, 7) is 3.14. The number of benzene rings is 1. The molecule has 0 aromatic heterocycles. The average Bonchev–Trinajstić information content (AvgIpc) is 2.34. The fourth-order valence-corrected chi connectivity index (χ4v) is 1.29. The van der Waals surface area contributed by atoms with Gasteiger partial charge in [0.25, 0.3) is 0 Å². The highest BCUT2D eigenvalue weighted by Crippen LogP contribution is 2.03. The van der Waals surface area contributed by atoms with Gasteiger partial charge in [0.1, 0.15) is 5.84 Å². The summed E-state index contributed by atoms with van der Waals surface area (Å²) in [5, 5.41) is 12.7. The number of hydrogen-bond acceptors (Lipinski definition) is 2. The van der Waals surface area contributed by atoms with Crippen LogP contribution in [0, 0.1) is 5.41 Å². The van der Waals surface area contributed by atoms with Gasteiger partial charge in [-0.05, 0) is 12.0 Å². The van der Waals surface area contributed by atoms with Crippen molar-refractivity contribution in [3.8, 4) is 0 Å². The van der Waals surface area contributed by atoms with E-state index in [1.54, 1.807) is 12.1 Å². The maximum Gasteiger partial charge on any atom is 0.315 e. The molecule has 0 unspecified atom stereocenters. The van der Waals surface area contributed by atoms with E-state index in [1.165, 1.54) is 0 Å². The largest absolute Gasteiger partial charge is 0.384 e. The molecule has 1 aromatic rings. The van der Waals surface area contributed by atoms with E-state index in [0.29, 0.717) is 18.7 Å². The molecular weight excluding hydrogens is 216 g/mol. The number of nitrogen functional groups attached to an aromatic ring is 1. The van der Waals surface area contributed by atoms with Crippen LogP contribution in [0.2, 0.25) is 0 Å². The third-order valence-corrected chi connectivity index (χ3v) is 2.25. The summed E-state index contributed by atoms with van der Waals surface area (Å²) in [4.78, 5) is 11.3. The molecule has 0 aliphatic heterocycles. The minimum Gasteiger partial charge on any atom is -0.384 e. The summed E-state index contributed by atoms with van der Waals surface area (Å²) < 4.78 is 0. The zero-order valence-corrected chi connectivity index (χ0v) is 9.92. The van der Waals surface area contributed by atoms with Gasteiger partial charge in [-0.15, -0.1) is 0 Å². The number of rotatable bonds is 5. The molecule has 0 saturated heterocycles. The molecule has 1 rings (SSSR count). The van der Waals surface area contributed by atoms with Crippen LogP contribution in [0.5, 0.6) is 0 Å². The Balaban J connectivity index is 2.42. The van der Waals surface area contributed by atoms with Gasteiger partial charge >= 0.3 is 6.03 Å². The van der Waals surface area contributed by atoms with Crippen LogP contribution in [0.4, 0.5) is 4.79 Å². The first-order chi connectivity index (χ1) is 8.13. The van der Waals surface area contributed by atoms with Crippen LogP contribution in [0.3, 0.4) is 0 Å². The summed E-state index contributed by atoms with van der Waals surface area (Å²) in [6.07, 6.45) is 0.917. The third kappa shape index (κ3) is 4.55. The molecule has 1 aromatic carbocycles. The zero-order chi connectivity index (χ0) is 12.7. The van der Waals surface area contributed by atoms with E-state index in [4.69, 9.17) is 11.1 Å². The number of nitrogens with one attached hydrogen (secondary N) is 3. The van der Waals surface area contributed by atoms with Crippen molar-refractivity contribution in [2.75, 3.05) is 6.54 Å². The highest BCUT2D eigenvalue weighted by Gasteiger charge is 2.00. The van der Waals surface area contributed by atoms with Crippen molar-refractivity contribution in [1.29, 1.82) is 5.41 Å². The van der Waals surface area contributed by atoms with Gasteiger partial charge in [0.15, 0.2) is 0 Å². The first-order valence-electron chi connectivity index (χ1n) is 5.58. The van der Waals surface area contributed by atoms with Crippen molar-refractivity contribution >= 4 is 11.9 Å². The molecule has 0 aliphatic carbocycles. The Kier molecular flexibility index (Phi) is 5.00. The third-order valence-electron chi connectivity index (χ3n) is 2.25. The fourth-order valence-electron chi connectivity index (χ4n) is 1.29. The molecule has 0 saturated carbocycles. The second kappa shape index (κ2) is 6.52. The van der Waals surface area contributed by atoms with Crippen LogP contribution in [-0.4, -0.2) is 18.4 Å². The standard InChI is InChI=1S/C12H18N4O/c1-2-7-15-12(17)16-8-9-3-5-10(6-4-9)11(13)14/h3-6H,2,7-8H2,1H3,(H3,13,14)(H2,15,16,17). The van der Waals surface area contributed by atoms with Crippen molar-refractivity contribution in [3.05, 3.63) is 35.4 Å². The lowest BCUT2D eigenvalue weighted by molar-refractivity contribution is 0.240. The average molecular weight is 234 g/mol. The molecule has 92 valence electrons. The van der Waals surface area contributed by atoms with Crippen LogP contribution in [0.15, 0.2) is 24.3 Å². The van der Waals surface area contributed by atoms with Crippen LogP contribution >= 0.6 is 0 Å². The minimum atomic E-state index is -0.164. The lowest BCUT2D eigenvalue weighted by atomic mass is 10.1. The lowest BCUT2D eigenvalue weighted by Crippen LogP contribution is -2.35. The van der Waals surface area contributed by atoms with E-state index >= 15 is 0 Å².